The summed E-state index contributed by atoms with van der Waals surface area (Å²) in [6.45, 7) is 15.8. The molecular formula is C42H46O7. The van der Waals surface area contributed by atoms with Crippen molar-refractivity contribution >= 4 is 0 Å². The van der Waals surface area contributed by atoms with Gasteiger partial charge in [-0.25, -0.2) is 0 Å². The van der Waals surface area contributed by atoms with Crippen molar-refractivity contribution in [2.24, 2.45) is 0 Å². The van der Waals surface area contributed by atoms with E-state index < -0.39 is 0 Å². The molecule has 0 aliphatic carbocycles. The summed E-state index contributed by atoms with van der Waals surface area (Å²) in [5, 5.41) is 0. The fraction of sp³-hybridized carbons (Fsp3) is 0.238. The van der Waals surface area contributed by atoms with Gasteiger partial charge < -0.3 is 33.2 Å². The highest BCUT2D eigenvalue weighted by atomic mass is 16.5. The van der Waals surface area contributed by atoms with Crippen LogP contribution in [0.25, 0.3) is 22.3 Å². The summed E-state index contributed by atoms with van der Waals surface area (Å²) in [6, 6.07) is 16.0. The van der Waals surface area contributed by atoms with Gasteiger partial charge in [0.05, 0.1) is 42.7 Å². The molecule has 0 unspecified atom stereocenters. The Hall–Kier alpha value is -5.56. The Balaban J connectivity index is 2.04. The molecule has 0 saturated carbocycles. The van der Waals surface area contributed by atoms with Gasteiger partial charge in [-0.15, -0.1) is 26.3 Å². The Morgan fingerprint density at radius 1 is 0.367 bits per heavy atom. The SMILES string of the molecule is C=CCc1cc(OC)c(OC)c(-c2cc(CC=C)cc(Oc3cc(CC=C)cc(-c4cc(CC=C)cc(OC)c4OC)c3OC)c2OC)c1. The normalized spacial score (nSPS) is 10.5. The molecular weight excluding hydrogens is 616 g/mol. The number of hydrogen-bond donors (Lipinski definition) is 0. The highest BCUT2D eigenvalue weighted by Crippen LogP contribution is 2.51. The maximum Gasteiger partial charge on any atom is 0.170 e. The molecule has 0 radical (unpaired) electrons. The third kappa shape index (κ3) is 7.78. The lowest BCUT2D eigenvalue weighted by Crippen LogP contribution is -2.02. The fourth-order valence-electron chi connectivity index (χ4n) is 5.99. The lowest BCUT2D eigenvalue weighted by Gasteiger charge is -2.22. The second-order valence-electron chi connectivity index (χ2n) is 11.2. The zero-order valence-corrected chi connectivity index (χ0v) is 29.4. The van der Waals surface area contributed by atoms with E-state index in [1.165, 1.54) is 0 Å². The molecule has 0 saturated heterocycles. The van der Waals surface area contributed by atoms with Crippen molar-refractivity contribution < 1.29 is 33.2 Å². The van der Waals surface area contributed by atoms with Crippen molar-refractivity contribution in [3.63, 3.8) is 0 Å². The zero-order chi connectivity index (χ0) is 35.5. The Labute approximate surface area is 290 Å². The molecule has 0 fully saturated rings. The van der Waals surface area contributed by atoms with Crippen LogP contribution in [0.2, 0.25) is 0 Å². The average Bonchev–Trinajstić information content (AvgIpc) is 3.11. The summed E-state index contributed by atoms with van der Waals surface area (Å²) in [5.74, 6) is 4.33. The molecule has 0 spiro atoms. The monoisotopic (exact) mass is 662 g/mol. The second-order valence-corrected chi connectivity index (χ2v) is 11.2. The molecule has 0 aliphatic rings. The summed E-state index contributed by atoms with van der Waals surface area (Å²) < 4.78 is 42.4. The lowest BCUT2D eigenvalue weighted by atomic mass is 9.95. The first kappa shape index (κ1) is 36.3. The Kier molecular flexibility index (Phi) is 12.6. The van der Waals surface area contributed by atoms with Crippen molar-refractivity contribution in [2.45, 2.75) is 25.7 Å². The van der Waals surface area contributed by atoms with Crippen LogP contribution in [0, 0.1) is 0 Å². The predicted octanol–water partition coefficient (Wildman–Crippen LogP) is 9.78. The van der Waals surface area contributed by atoms with E-state index in [9.17, 15) is 0 Å². The zero-order valence-electron chi connectivity index (χ0n) is 29.4. The Bertz CT molecular complexity index is 1700. The van der Waals surface area contributed by atoms with Crippen LogP contribution in [0.4, 0.5) is 0 Å². The molecule has 4 aromatic rings. The van der Waals surface area contributed by atoms with Crippen molar-refractivity contribution in [3.8, 4) is 68.2 Å². The molecule has 7 heteroatoms. The van der Waals surface area contributed by atoms with Gasteiger partial charge in [-0.2, -0.15) is 0 Å². The molecule has 7 nitrogen and oxygen atoms in total. The standard InChI is InChI=1S/C42H46O7/c1-11-15-27-19-31(39(45-7)35(23-27)43-5)33-21-29(17-13-3)25-37(41(33)47-9)49-38-26-30(18-14-4)22-34(42(38)48-10)32-20-28(16-12-2)24-36(44-6)40(32)46-8/h11-14,19-26H,1-4,15-18H2,5-10H3. The van der Waals surface area contributed by atoms with Crippen LogP contribution in [0.5, 0.6) is 46.0 Å². The highest BCUT2D eigenvalue weighted by Gasteiger charge is 2.25. The Morgan fingerprint density at radius 2 is 0.612 bits per heavy atom. The molecule has 256 valence electrons. The number of benzene rings is 4. The van der Waals surface area contributed by atoms with Crippen molar-refractivity contribution in [1.29, 1.82) is 0 Å². The molecule has 0 heterocycles. The smallest absolute Gasteiger partial charge is 0.170 e. The molecule has 4 aromatic carbocycles. The van der Waals surface area contributed by atoms with E-state index in [2.05, 4.69) is 50.6 Å². The number of allylic oxidation sites excluding steroid dienone is 4. The summed E-state index contributed by atoms with van der Waals surface area (Å²) >= 11 is 0. The second kappa shape index (κ2) is 17.0. The maximum atomic E-state index is 6.84. The van der Waals surface area contributed by atoms with Gasteiger partial charge in [0.2, 0.25) is 0 Å². The van der Waals surface area contributed by atoms with Gasteiger partial charge >= 0.3 is 0 Å². The Morgan fingerprint density at radius 3 is 0.837 bits per heavy atom. The fourth-order valence-corrected chi connectivity index (χ4v) is 5.99. The van der Waals surface area contributed by atoms with Crippen LogP contribution in [-0.2, 0) is 25.7 Å². The summed E-state index contributed by atoms with van der Waals surface area (Å²) in [5.41, 5.74) is 7.04. The molecule has 49 heavy (non-hydrogen) atoms. The van der Waals surface area contributed by atoms with Crippen molar-refractivity contribution in [3.05, 3.63) is 121 Å². The van der Waals surface area contributed by atoms with Crippen molar-refractivity contribution in [2.75, 3.05) is 42.7 Å². The number of ether oxygens (including phenoxy) is 7. The minimum absolute atomic E-state index is 0.483. The summed E-state index contributed by atoms with van der Waals surface area (Å²) in [7, 11) is 9.73. The van der Waals surface area contributed by atoms with Crippen LogP contribution in [0.3, 0.4) is 0 Å². The van der Waals surface area contributed by atoms with Gasteiger partial charge in [-0.3, -0.25) is 0 Å². The molecule has 0 aliphatic heterocycles. The molecule has 0 bridgehead atoms. The maximum absolute atomic E-state index is 6.84. The third-order valence-corrected chi connectivity index (χ3v) is 8.04. The summed E-state index contributed by atoms with van der Waals surface area (Å²) in [6.07, 6.45) is 9.86. The van der Waals surface area contributed by atoms with Gasteiger partial charge in [-0.05, 0) is 96.5 Å². The molecule has 0 aromatic heterocycles. The average molecular weight is 663 g/mol. The predicted molar refractivity (Wildman–Crippen MR) is 199 cm³/mol. The van der Waals surface area contributed by atoms with E-state index in [-0.39, 0.29) is 0 Å². The molecule has 0 N–H and O–H groups in total. The topological polar surface area (TPSA) is 64.6 Å². The van der Waals surface area contributed by atoms with Gasteiger partial charge in [0.1, 0.15) is 0 Å². The van der Waals surface area contributed by atoms with Crippen molar-refractivity contribution in [1.82, 2.24) is 0 Å². The minimum atomic E-state index is 0.483. The third-order valence-electron chi connectivity index (χ3n) is 8.04. The lowest BCUT2D eigenvalue weighted by molar-refractivity contribution is 0.351. The van der Waals surface area contributed by atoms with E-state index >= 15 is 0 Å². The van der Waals surface area contributed by atoms with Gasteiger partial charge in [0, 0.05) is 22.3 Å². The number of hydrogen-bond acceptors (Lipinski definition) is 7. The quantitative estimate of drug-likeness (QED) is 0.0983. The first-order chi connectivity index (χ1) is 23.8. The minimum Gasteiger partial charge on any atom is -0.493 e. The molecule has 0 amide bonds. The van der Waals surface area contributed by atoms with E-state index in [4.69, 9.17) is 33.2 Å². The molecule has 0 atom stereocenters. The van der Waals surface area contributed by atoms with Gasteiger partial charge in [0.15, 0.2) is 46.0 Å². The van der Waals surface area contributed by atoms with E-state index in [1.807, 2.05) is 48.6 Å². The number of rotatable bonds is 18. The van der Waals surface area contributed by atoms with E-state index in [0.717, 1.165) is 44.5 Å². The van der Waals surface area contributed by atoms with Gasteiger partial charge in [0.25, 0.3) is 0 Å². The van der Waals surface area contributed by atoms with Gasteiger partial charge in [-0.1, -0.05) is 24.3 Å². The first-order valence-electron chi connectivity index (χ1n) is 15.9. The largest absolute Gasteiger partial charge is 0.493 e. The first-order valence-corrected chi connectivity index (χ1v) is 15.9. The highest BCUT2D eigenvalue weighted by molar-refractivity contribution is 5.84. The van der Waals surface area contributed by atoms with Crippen LogP contribution in [-0.4, -0.2) is 42.7 Å². The van der Waals surface area contributed by atoms with Crippen LogP contribution in [0.1, 0.15) is 22.3 Å². The van der Waals surface area contributed by atoms with Crippen LogP contribution < -0.4 is 33.2 Å². The van der Waals surface area contributed by atoms with E-state index in [0.29, 0.717) is 71.7 Å². The number of methoxy groups -OCH3 is 6. The molecule has 4 rings (SSSR count). The van der Waals surface area contributed by atoms with E-state index in [1.54, 1.807) is 42.7 Å². The van der Waals surface area contributed by atoms with Crippen LogP contribution in [0.15, 0.2) is 99.2 Å². The van der Waals surface area contributed by atoms with Crippen LogP contribution >= 0.6 is 0 Å². The summed E-state index contributed by atoms with van der Waals surface area (Å²) in [4.78, 5) is 0.